The second-order valence-electron chi connectivity index (χ2n) is 2.56. The summed E-state index contributed by atoms with van der Waals surface area (Å²) in [5, 5.41) is 11.7. The number of carbonyl (C=O) groups is 1. The Morgan fingerprint density at radius 3 is 2.92 bits per heavy atom. The molecule has 0 aromatic carbocycles. The predicted octanol–water partition coefficient (Wildman–Crippen LogP) is -0.676. The minimum absolute atomic E-state index is 0.176. The molecule has 1 aromatic heterocycles. The van der Waals surface area contributed by atoms with Crippen LogP contribution in [0.3, 0.4) is 0 Å². The first kappa shape index (κ1) is 6.90. The summed E-state index contributed by atoms with van der Waals surface area (Å²) in [5.41, 5.74) is 0.224. The van der Waals surface area contributed by atoms with E-state index in [1.807, 2.05) is 0 Å². The summed E-state index contributed by atoms with van der Waals surface area (Å²) in [4.78, 5) is 24.3. The molecule has 0 fully saturated rings. The van der Waals surface area contributed by atoms with Crippen LogP contribution in [0.1, 0.15) is 16.1 Å². The van der Waals surface area contributed by atoms with Crippen molar-refractivity contribution in [3.05, 3.63) is 27.7 Å². The van der Waals surface area contributed by atoms with E-state index in [1.165, 1.54) is 0 Å². The molecule has 1 aliphatic rings. The van der Waals surface area contributed by atoms with Gasteiger partial charge in [0.2, 0.25) is 0 Å². The quantitative estimate of drug-likeness (QED) is 0.477. The van der Waals surface area contributed by atoms with Gasteiger partial charge in [0.05, 0.1) is 12.2 Å². The van der Waals surface area contributed by atoms with Crippen molar-refractivity contribution < 1.29 is 9.90 Å². The number of hydrogen-bond donors (Lipinski definition) is 3. The minimum atomic E-state index is -0.400. The molecule has 1 amide bonds. The molecule has 0 atom stereocenters. The first-order valence-corrected chi connectivity index (χ1v) is 3.42. The highest BCUT2D eigenvalue weighted by Gasteiger charge is 2.23. The molecule has 3 N–H and O–H groups in total. The zero-order chi connectivity index (χ0) is 8.72. The number of rotatable bonds is 0. The molecule has 0 aliphatic carbocycles. The van der Waals surface area contributed by atoms with E-state index >= 15 is 0 Å². The van der Waals surface area contributed by atoms with Gasteiger partial charge in [-0.3, -0.25) is 9.59 Å². The van der Waals surface area contributed by atoms with Crippen LogP contribution in [0.4, 0.5) is 0 Å². The summed E-state index contributed by atoms with van der Waals surface area (Å²) >= 11 is 0. The van der Waals surface area contributed by atoms with E-state index in [9.17, 15) is 14.7 Å². The van der Waals surface area contributed by atoms with E-state index in [1.54, 1.807) is 0 Å². The second-order valence-corrected chi connectivity index (χ2v) is 2.56. The number of H-pyrrole nitrogens is 1. The lowest BCUT2D eigenvalue weighted by Gasteiger charge is -1.96. The molecular weight excluding hydrogens is 160 g/mol. The molecule has 2 rings (SSSR count). The maximum atomic E-state index is 11.0. The molecule has 2 heterocycles. The second kappa shape index (κ2) is 2.10. The number of aromatic hydroxyl groups is 1. The highest BCUT2D eigenvalue weighted by Crippen LogP contribution is 2.20. The molecule has 12 heavy (non-hydrogen) atoms. The van der Waals surface area contributed by atoms with Gasteiger partial charge in [-0.05, 0) is 0 Å². The van der Waals surface area contributed by atoms with E-state index in [2.05, 4.69) is 10.3 Å². The summed E-state index contributed by atoms with van der Waals surface area (Å²) in [7, 11) is 0. The van der Waals surface area contributed by atoms with Crippen molar-refractivity contribution in [3.8, 4) is 5.75 Å². The van der Waals surface area contributed by atoms with E-state index in [-0.39, 0.29) is 23.8 Å². The Hall–Kier alpha value is -1.78. The summed E-state index contributed by atoms with van der Waals surface area (Å²) in [5.74, 6) is -0.609. The highest BCUT2D eigenvalue weighted by molar-refractivity contribution is 6.00. The number of hydrogen-bond acceptors (Lipinski definition) is 3. The summed E-state index contributed by atoms with van der Waals surface area (Å²) in [6.45, 7) is 0.276. The van der Waals surface area contributed by atoms with Gasteiger partial charge in [0.1, 0.15) is 11.3 Å². The predicted molar refractivity (Wildman–Crippen MR) is 39.9 cm³/mol. The van der Waals surface area contributed by atoms with Crippen LogP contribution in [-0.4, -0.2) is 16.0 Å². The normalized spacial score (nSPS) is 14.2. The highest BCUT2D eigenvalue weighted by atomic mass is 16.3. The van der Waals surface area contributed by atoms with Gasteiger partial charge in [-0.25, -0.2) is 0 Å². The van der Waals surface area contributed by atoms with Crippen LogP contribution in [0, 0.1) is 0 Å². The number of amides is 1. The number of aromatic nitrogens is 1. The van der Waals surface area contributed by atoms with Crippen LogP contribution < -0.4 is 10.9 Å². The number of carbonyl (C=O) groups excluding carboxylic acids is 1. The lowest BCUT2D eigenvalue weighted by molar-refractivity contribution is 0.0963. The van der Waals surface area contributed by atoms with Crippen molar-refractivity contribution in [2.24, 2.45) is 0 Å². The van der Waals surface area contributed by atoms with Crippen LogP contribution in [0.2, 0.25) is 0 Å². The Morgan fingerprint density at radius 1 is 1.42 bits per heavy atom. The fourth-order valence-electron chi connectivity index (χ4n) is 1.24. The Labute approximate surface area is 67.0 Å². The molecule has 1 aliphatic heterocycles. The lowest BCUT2D eigenvalue weighted by atomic mass is 10.2. The van der Waals surface area contributed by atoms with Gasteiger partial charge < -0.3 is 15.4 Å². The summed E-state index contributed by atoms with van der Waals surface area (Å²) in [6, 6.07) is 0.990. The van der Waals surface area contributed by atoms with E-state index in [0.717, 1.165) is 6.07 Å². The zero-order valence-corrected chi connectivity index (χ0v) is 6.05. The molecular formula is C7H6N2O3. The average Bonchev–Trinajstić information content (AvgIpc) is 2.31. The van der Waals surface area contributed by atoms with Crippen LogP contribution >= 0.6 is 0 Å². The molecule has 5 nitrogen and oxygen atoms in total. The van der Waals surface area contributed by atoms with Gasteiger partial charge in [0.25, 0.3) is 11.5 Å². The van der Waals surface area contributed by atoms with Gasteiger partial charge in [0, 0.05) is 6.07 Å². The Morgan fingerprint density at radius 2 is 2.17 bits per heavy atom. The van der Waals surface area contributed by atoms with Crippen LogP contribution in [0.25, 0.3) is 0 Å². The molecule has 62 valence electrons. The smallest absolute Gasteiger partial charge is 0.257 e. The molecule has 1 aromatic rings. The van der Waals surface area contributed by atoms with Crippen molar-refractivity contribution in [1.82, 2.24) is 10.3 Å². The number of nitrogens with one attached hydrogen (secondary N) is 2. The third-order valence-electron chi connectivity index (χ3n) is 1.75. The van der Waals surface area contributed by atoms with Crippen LogP contribution in [-0.2, 0) is 6.54 Å². The number of aromatic amines is 1. The first-order chi connectivity index (χ1) is 5.68. The molecule has 5 heteroatoms. The topological polar surface area (TPSA) is 82.2 Å². The van der Waals surface area contributed by atoms with Crippen LogP contribution in [0.15, 0.2) is 10.9 Å². The standard InChI is InChI=1S/C7H6N2O3/c10-4-1-5(11)9-3-2-8-7(12)6(3)4/h1H,2H2,(H,8,12)(H2,9,10,11). The molecule has 0 saturated heterocycles. The SMILES string of the molecule is O=C1NCc2[nH]c(=O)cc(O)c21. The molecule has 0 unspecified atom stereocenters. The lowest BCUT2D eigenvalue weighted by Crippen LogP contribution is -2.12. The molecule has 0 spiro atoms. The van der Waals surface area contributed by atoms with Crippen molar-refractivity contribution in [1.29, 1.82) is 0 Å². The maximum absolute atomic E-state index is 11.0. The Kier molecular flexibility index (Phi) is 1.21. The van der Waals surface area contributed by atoms with Gasteiger partial charge in [-0.1, -0.05) is 0 Å². The monoisotopic (exact) mass is 166 g/mol. The average molecular weight is 166 g/mol. The zero-order valence-electron chi connectivity index (χ0n) is 6.05. The third kappa shape index (κ3) is 0.795. The van der Waals surface area contributed by atoms with Crippen molar-refractivity contribution in [2.75, 3.05) is 0 Å². The Balaban J connectivity index is 2.76. The van der Waals surface area contributed by atoms with E-state index < -0.39 is 5.56 Å². The minimum Gasteiger partial charge on any atom is -0.507 e. The van der Waals surface area contributed by atoms with Crippen molar-refractivity contribution >= 4 is 5.91 Å². The van der Waals surface area contributed by atoms with Crippen molar-refractivity contribution in [2.45, 2.75) is 6.54 Å². The maximum Gasteiger partial charge on any atom is 0.257 e. The van der Waals surface area contributed by atoms with Crippen LogP contribution in [0.5, 0.6) is 5.75 Å². The largest absolute Gasteiger partial charge is 0.507 e. The molecule has 0 bridgehead atoms. The Bertz CT molecular complexity index is 408. The molecule has 0 radical (unpaired) electrons. The van der Waals surface area contributed by atoms with Gasteiger partial charge >= 0.3 is 0 Å². The number of pyridine rings is 1. The fourth-order valence-corrected chi connectivity index (χ4v) is 1.24. The van der Waals surface area contributed by atoms with Gasteiger partial charge in [0.15, 0.2) is 0 Å². The molecule has 0 saturated carbocycles. The third-order valence-corrected chi connectivity index (χ3v) is 1.75. The van der Waals surface area contributed by atoms with E-state index in [0.29, 0.717) is 5.69 Å². The number of fused-ring (bicyclic) bond motifs is 1. The first-order valence-electron chi connectivity index (χ1n) is 3.42. The summed E-state index contributed by atoms with van der Waals surface area (Å²) in [6.07, 6.45) is 0. The van der Waals surface area contributed by atoms with E-state index in [4.69, 9.17) is 0 Å². The van der Waals surface area contributed by atoms with Crippen molar-refractivity contribution in [3.63, 3.8) is 0 Å². The van der Waals surface area contributed by atoms with Gasteiger partial charge in [-0.15, -0.1) is 0 Å². The summed E-state index contributed by atoms with van der Waals surface area (Å²) < 4.78 is 0. The fraction of sp³-hybridized carbons (Fsp3) is 0.143. The van der Waals surface area contributed by atoms with Gasteiger partial charge in [-0.2, -0.15) is 0 Å².